The van der Waals surface area contributed by atoms with Crippen LogP contribution in [0, 0.1) is 0 Å². The molecule has 5 rings (SSSR count). The Balaban J connectivity index is 1.64. The molecule has 1 fully saturated rings. The Bertz CT molecular complexity index is 1220. The number of anilines is 1. The summed E-state index contributed by atoms with van der Waals surface area (Å²) in [5, 5.41) is 10.8. The van der Waals surface area contributed by atoms with E-state index in [-0.39, 0.29) is 6.04 Å². The van der Waals surface area contributed by atoms with Crippen molar-refractivity contribution in [1.29, 1.82) is 0 Å². The SMILES string of the molecule is O=C(O)N(c1ccc(-n2c(-c3ccccn3)cc3c(Cl)ncnc32)cc1)C1CCC1. The third-order valence-corrected chi connectivity index (χ3v) is 5.81. The molecule has 3 aromatic heterocycles. The van der Waals surface area contributed by atoms with Crippen molar-refractivity contribution in [1.82, 2.24) is 19.5 Å². The standard InChI is InChI=1S/C22H18ClN5O2/c23-20-17-12-19(18-6-1-2-11-24-18)28(21(17)26-13-25-20)16-9-7-15(8-10-16)27(22(29)30)14-4-3-5-14/h1-2,6-14H,3-5H2,(H,29,30). The molecule has 0 aliphatic heterocycles. The van der Waals surface area contributed by atoms with E-state index in [1.54, 1.807) is 6.20 Å². The number of carbonyl (C=O) groups is 1. The monoisotopic (exact) mass is 419 g/mol. The Labute approximate surface area is 177 Å². The molecule has 30 heavy (non-hydrogen) atoms. The van der Waals surface area contributed by atoms with Gasteiger partial charge in [0.05, 0.1) is 16.8 Å². The van der Waals surface area contributed by atoms with Crippen molar-refractivity contribution in [2.45, 2.75) is 25.3 Å². The van der Waals surface area contributed by atoms with Crippen LogP contribution in [0.1, 0.15) is 19.3 Å². The molecule has 3 heterocycles. The van der Waals surface area contributed by atoms with E-state index in [1.807, 2.05) is 53.1 Å². The molecule has 0 bridgehead atoms. The van der Waals surface area contributed by atoms with E-state index in [1.165, 1.54) is 11.2 Å². The summed E-state index contributed by atoms with van der Waals surface area (Å²) in [6, 6.07) is 15.1. The Kier molecular flexibility index (Phi) is 4.59. The summed E-state index contributed by atoms with van der Waals surface area (Å²) >= 11 is 6.32. The van der Waals surface area contributed by atoms with E-state index < -0.39 is 6.09 Å². The fourth-order valence-electron chi connectivity index (χ4n) is 3.83. The maximum absolute atomic E-state index is 11.8. The fraction of sp³-hybridized carbons (Fsp3) is 0.182. The molecule has 1 amide bonds. The number of carboxylic acid groups (broad SMARTS) is 1. The molecule has 1 N–H and O–H groups in total. The molecule has 150 valence electrons. The number of hydrogen-bond donors (Lipinski definition) is 1. The number of halogens is 1. The van der Waals surface area contributed by atoms with Gasteiger partial charge in [-0.25, -0.2) is 14.8 Å². The molecule has 1 saturated carbocycles. The number of hydrogen-bond acceptors (Lipinski definition) is 4. The molecule has 4 aromatic rings. The van der Waals surface area contributed by atoms with E-state index in [0.717, 1.165) is 41.7 Å². The Morgan fingerprint density at radius 3 is 2.53 bits per heavy atom. The zero-order chi connectivity index (χ0) is 20.7. The predicted octanol–water partition coefficient (Wildman–Crippen LogP) is 5.17. The summed E-state index contributed by atoms with van der Waals surface area (Å²) in [4.78, 5) is 26.2. The maximum atomic E-state index is 11.8. The molecule has 7 nitrogen and oxygen atoms in total. The number of fused-ring (bicyclic) bond motifs is 1. The van der Waals surface area contributed by atoms with Crippen LogP contribution in [0.5, 0.6) is 0 Å². The quantitative estimate of drug-likeness (QED) is 0.461. The Morgan fingerprint density at radius 1 is 1.10 bits per heavy atom. The van der Waals surface area contributed by atoms with Gasteiger partial charge in [0.15, 0.2) is 0 Å². The zero-order valence-corrected chi connectivity index (χ0v) is 16.7. The second-order valence-corrected chi connectivity index (χ2v) is 7.59. The molecule has 0 radical (unpaired) electrons. The van der Waals surface area contributed by atoms with Gasteiger partial charge in [-0.2, -0.15) is 0 Å². The minimum Gasteiger partial charge on any atom is -0.465 e. The van der Waals surface area contributed by atoms with Crippen molar-refractivity contribution in [2.75, 3.05) is 4.90 Å². The lowest BCUT2D eigenvalue weighted by Crippen LogP contribution is -2.43. The van der Waals surface area contributed by atoms with Gasteiger partial charge in [0.2, 0.25) is 0 Å². The lowest BCUT2D eigenvalue weighted by Gasteiger charge is -2.35. The molecule has 0 saturated heterocycles. The number of benzene rings is 1. The van der Waals surface area contributed by atoms with Crippen LogP contribution in [0.4, 0.5) is 10.5 Å². The van der Waals surface area contributed by atoms with Crippen LogP contribution in [0.15, 0.2) is 61.1 Å². The van der Waals surface area contributed by atoms with Gasteiger partial charge in [-0.3, -0.25) is 14.5 Å². The summed E-state index contributed by atoms with van der Waals surface area (Å²) in [5.74, 6) is 0. The molecule has 1 aromatic carbocycles. The van der Waals surface area contributed by atoms with Crippen LogP contribution in [-0.4, -0.2) is 36.8 Å². The van der Waals surface area contributed by atoms with Crippen LogP contribution in [0.2, 0.25) is 5.15 Å². The van der Waals surface area contributed by atoms with Gasteiger partial charge in [-0.1, -0.05) is 17.7 Å². The summed E-state index contributed by atoms with van der Waals surface area (Å²) in [6.45, 7) is 0. The van der Waals surface area contributed by atoms with Crippen molar-refractivity contribution >= 4 is 34.4 Å². The van der Waals surface area contributed by atoms with E-state index in [9.17, 15) is 9.90 Å². The van der Waals surface area contributed by atoms with Crippen LogP contribution in [0.3, 0.4) is 0 Å². The molecule has 0 unspecified atom stereocenters. The lowest BCUT2D eigenvalue weighted by molar-refractivity contribution is 0.194. The van der Waals surface area contributed by atoms with Crippen molar-refractivity contribution in [3.63, 3.8) is 0 Å². The molecule has 8 heteroatoms. The number of pyridine rings is 1. The van der Waals surface area contributed by atoms with Crippen molar-refractivity contribution < 1.29 is 9.90 Å². The predicted molar refractivity (Wildman–Crippen MR) is 115 cm³/mol. The fourth-order valence-corrected chi connectivity index (χ4v) is 4.01. The molecule has 0 spiro atoms. The summed E-state index contributed by atoms with van der Waals surface area (Å²) < 4.78 is 1.96. The van der Waals surface area contributed by atoms with Crippen molar-refractivity contribution in [3.05, 3.63) is 66.2 Å². The highest BCUT2D eigenvalue weighted by Gasteiger charge is 2.30. The zero-order valence-electron chi connectivity index (χ0n) is 15.9. The Hall–Kier alpha value is -3.45. The van der Waals surface area contributed by atoms with Crippen molar-refractivity contribution in [3.8, 4) is 17.1 Å². The Morgan fingerprint density at radius 2 is 1.90 bits per heavy atom. The minimum atomic E-state index is -0.924. The highest BCUT2D eigenvalue weighted by atomic mass is 35.5. The van der Waals surface area contributed by atoms with Crippen LogP contribution in [-0.2, 0) is 0 Å². The highest BCUT2D eigenvalue weighted by Crippen LogP contribution is 2.34. The van der Waals surface area contributed by atoms with Gasteiger partial charge in [-0.05, 0) is 61.7 Å². The summed E-state index contributed by atoms with van der Waals surface area (Å²) in [5.41, 5.74) is 3.77. The van der Waals surface area contributed by atoms with Gasteiger partial charge in [0.25, 0.3) is 0 Å². The average molecular weight is 420 g/mol. The van der Waals surface area contributed by atoms with Crippen LogP contribution >= 0.6 is 11.6 Å². The van der Waals surface area contributed by atoms with E-state index >= 15 is 0 Å². The maximum Gasteiger partial charge on any atom is 0.412 e. The highest BCUT2D eigenvalue weighted by molar-refractivity contribution is 6.34. The topological polar surface area (TPSA) is 84.1 Å². The molecule has 0 atom stereocenters. The summed E-state index contributed by atoms with van der Waals surface area (Å²) in [7, 11) is 0. The molecule has 1 aliphatic rings. The number of amides is 1. The van der Waals surface area contributed by atoms with Gasteiger partial charge in [0, 0.05) is 23.6 Å². The van der Waals surface area contributed by atoms with E-state index in [2.05, 4.69) is 15.0 Å². The first-order valence-electron chi connectivity index (χ1n) is 9.69. The van der Waals surface area contributed by atoms with Crippen LogP contribution in [0.25, 0.3) is 28.1 Å². The average Bonchev–Trinajstić information content (AvgIpc) is 3.12. The van der Waals surface area contributed by atoms with Crippen molar-refractivity contribution in [2.24, 2.45) is 0 Å². The number of rotatable bonds is 4. The van der Waals surface area contributed by atoms with Gasteiger partial charge in [0.1, 0.15) is 17.1 Å². The third kappa shape index (κ3) is 3.07. The van der Waals surface area contributed by atoms with Gasteiger partial charge in [-0.15, -0.1) is 0 Å². The van der Waals surface area contributed by atoms with E-state index in [4.69, 9.17) is 11.6 Å². The molecule has 1 aliphatic carbocycles. The first kappa shape index (κ1) is 18.6. The minimum absolute atomic E-state index is 0.0522. The number of nitrogens with zero attached hydrogens (tertiary/aromatic N) is 5. The molecular weight excluding hydrogens is 402 g/mol. The largest absolute Gasteiger partial charge is 0.465 e. The smallest absolute Gasteiger partial charge is 0.412 e. The lowest BCUT2D eigenvalue weighted by atomic mass is 9.91. The molecular formula is C22H18ClN5O2. The first-order valence-corrected chi connectivity index (χ1v) is 10.1. The summed E-state index contributed by atoms with van der Waals surface area (Å²) in [6.07, 6.45) is 5.10. The van der Waals surface area contributed by atoms with Gasteiger partial charge < -0.3 is 5.11 Å². The first-order chi connectivity index (χ1) is 14.6. The number of aromatic nitrogens is 4. The second-order valence-electron chi connectivity index (χ2n) is 7.24. The second kappa shape index (κ2) is 7.42. The van der Waals surface area contributed by atoms with E-state index in [0.29, 0.717) is 16.5 Å². The van der Waals surface area contributed by atoms with Crippen LogP contribution < -0.4 is 4.90 Å². The van der Waals surface area contributed by atoms with Gasteiger partial charge >= 0.3 is 6.09 Å². The normalized spacial score (nSPS) is 13.9. The third-order valence-electron chi connectivity index (χ3n) is 5.51.